The average Bonchev–Trinajstić information content (AvgIpc) is 3.24. The lowest BCUT2D eigenvalue weighted by molar-refractivity contribution is -0.142. The van der Waals surface area contributed by atoms with Crippen molar-refractivity contribution in [2.24, 2.45) is 0 Å². The van der Waals surface area contributed by atoms with Crippen LogP contribution in [0.25, 0.3) is 22.2 Å². The number of aryl methyl sites for hydroxylation is 1. The molecule has 2 atom stereocenters. The van der Waals surface area contributed by atoms with Crippen molar-refractivity contribution in [3.8, 4) is 11.1 Å². The van der Waals surface area contributed by atoms with Crippen LogP contribution in [0.1, 0.15) is 41.4 Å². The number of urea groups is 1. The predicted molar refractivity (Wildman–Crippen MR) is 127 cm³/mol. The Morgan fingerprint density at radius 1 is 1.35 bits per heavy atom. The van der Waals surface area contributed by atoms with Crippen LogP contribution in [-0.2, 0) is 20.7 Å². The SMILES string of the molecule is CCNC(=O)N1CCc2cc(-c3cnc4[nH]cc(C)c4c3)cc(C3COCCN3)c2[C@H]1OC=O. The smallest absolute Gasteiger partial charge is 0.320 e. The Kier molecular flexibility index (Phi) is 6.21. The number of rotatable bonds is 5. The summed E-state index contributed by atoms with van der Waals surface area (Å²) in [7, 11) is 0. The summed E-state index contributed by atoms with van der Waals surface area (Å²) >= 11 is 0. The fourth-order valence-corrected chi connectivity index (χ4v) is 4.93. The van der Waals surface area contributed by atoms with Crippen LogP contribution in [-0.4, -0.2) is 60.2 Å². The molecule has 0 bridgehead atoms. The third-order valence-electron chi connectivity index (χ3n) is 6.59. The summed E-state index contributed by atoms with van der Waals surface area (Å²) in [6.45, 7) is 7.15. The highest BCUT2D eigenvalue weighted by atomic mass is 16.5. The zero-order valence-electron chi connectivity index (χ0n) is 19.4. The maximum atomic E-state index is 12.8. The van der Waals surface area contributed by atoms with Gasteiger partial charge in [-0.05, 0) is 54.7 Å². The molecule has 34 heavy (non-hydrogen) atoms. The minimum absolute atomic E-state index is 0.0833. The number of nitrogens with one attached hydrogen (secondary N) is 3. The van der Waals surface area contributed by atoms with E-state index in [2.05, 4.69) is 45.7 Å². The van der Waals surface area contributed by atoms with E-state index in [-0.39, 0.29) is 12.1 Å². The number of H-pyrrole nitrogens is 1. The number of pyridine rings is 1. The zero-order valence-corrected chi connectivity index (χ0v) is 19.4. The number of ether oxygens (including phenoxy) is 2. The Hall–Kier alpha value is -3.43. The van der Waals surface area contributed by atoms with E-state index < -0.39 is 6.23 Å². The minimum atomic E-state index is -0.798. The standard InChI is InChI=1S/C25H29N5O4/c1-3-26-25(32)30-6-4-16-8-17(18-10-19-15(2)11-28-23(19)29-12-18)9-20(21-13-33-7-5-27-21)22(16)24(30)34-14-31/h8-12,14,21,24,27H,3-7,13H2,1-2H3,(H,26,32)(H,28,29)/t21?,24-/m1/s1. The van der Waals surface area contributed by atoms with Crippen molar-refractivity contribution in [1.29, 1.82) is 0 Å². The monoisotopic (exact) mass is 463 g/mol. The second-order valence-corrected chi connectivity index (χ2v) is 8.68. The first-order valence-corrected chi connectivity index (χ1v) is 11.7. The molecule has 2 aromatic heterocycles. The predicted octanol–water partition coefficient (Wildman–Crippen LogP) is 2.96. The van der Waals surface area contributed by atoms with Gasteiger partial charge in [-0.3, -0.25) is 9.69 Å². The molecule has 0 saturated carbocycles. The molecule has 0 aliphatic carbocycles. The van der Waals surface area contributed by atoms with E-state index in [0.29, 0.717) is 39.2 Å². The van der Waals surface area contributed by atoms with Gasteiger partial charge < -0.3 is 25.1 Å². The topological polar surface area (TPSA) is 109 Å². The van der Waals surface area contributed by atoms with Gasteiger partial charge in [-0.25, -0.2) is 9.78 Å². The summed E-state index contributed by atoms with van der Waals surface area (Å²) in [5, 5.41) is 7.44. The second kappa shape index (κ2) is 9.44. The number of aromatic nitrogens is 2. The van der Waals surface area contributed by atoms with Crippen LogP contribution in [0.4, 0.5) is 4.79 Å². The summed E-state index contributed by atoms with van der Waals surface area (Å²) in [5.74, 6) is 0. The molecule has 9 heteroatoms. The molecule has 2 aliphatic heterocycles. The molecule has 1 aromatic carbocycles. The van der Waals surface area contributed by atoms with E-state index in [1.807, 2.05) is 19.3 Å². The van der Waals surface area contributed by atoms with E-state index >= 15 is 0 Å². The fraction of sp³-hybridized carbons (Fsp3) is 0.400. The first-order valence-electron chi connectivity index (χ1n) is 11.7. The van der Waals surface area contributed by atoms with E-state index in [9.17, 15) is 9.59 Å². The number of hydrogen-bond acceptors (Lipinski definition) is 6. The molecule has 1 unspecified atom stereocenters. The number of carbonyl (C=O) groups is 2. The van der Waals surface area contributed by atoms with E-state index in [4.69, 9.17) is 9.47 Å². The van der Waals surface area contributed by atoms with E-state index in [1.54, 1.807) is 4.90 Å². The lowest BCUT2D eigenvalue weighted by Gasteiger charge is -2.38. The lowest BCUT2D eigenvalue weighted by atomic mass is 9.86. The number of nitrogens with zero attached hydrogens (tertiary/aromatic N) is 2. The van der Waals surface area contributed by atoms with E-state index in [1.165, 1.54) is 0 Å². The molecule has 5 rings (SSSR count). The maximum Gasteiger partial charge on any atom is 0.320 e. The maximum absolute atomic E-state index is 12.8. The van der Waals surface area contributed by atoms with Gasteiger partial charge in [0.05, 0.1) is 19.3 Å². The molecule has 2 amide bonds. The van der Waals surface area contributed by atoms with Crippen molar-refractivity contribution in [1.82, 2.24) is 25.5 Å². The highest BCUT2D eigenvalue weighted by Gasteiger charge is 2.36. The van der Waals surface area contributed by atoms with Gasteiger partial charge >= 0.3 is 6.03 Å². The molecule has 1 saturated heterocycles. The molecule has 4 heterocycles. The van der Waals surface area contributed by atoms with Crippen molar-refractivity contribution in [2.45, 2.75) is 32.5 Å². The Morgan fingerprint density at radius 3 is 3.00 bits per heavy atom. The van der Waals surface area contributed by atoms with Crippen LogP contribution in [0.3, 0.4) is 0 Å². The summed E-state index contributed by atoms with van der Waals surface area (Å²) in [6.07, 6.45) is 3.68. The van der Waals surface area contributed by atoms with Gasteiger partial charge in [-0.15, -0.1) is 0 Å². The number of hydrogen-bond donors (Lipinski definition) is 3. The Morgan fingerprint density at radius 2 is 2.24 bits per heavy atom. The molecular formula is C25H29N5O4. The second-order valence-electron chi connectivity index (χ2n) is 8.68. The molecule has 1 fully saturated rings. The third kappa shape index (κ3) is 4.01. The first-order chi connectivity index (χ1) is 16.6. The molecule has 178 valence electrons. The van der Waals surface area contributed by atoms with Crippen LogP contribution in [0, 0.1) is 6.92 Å². The van der Waals surface area contributed by atoms with Crippen LogP contribution in [0.2, 0.25) is 0 Å². The van der Waals surface area contributed by atoms with Gasteiger partial charge in [0.1, 0.15) is 5.65 Å². The van der Waals surface area contributed by atoms with Gasteiger partial charge in [0.15, 0.2) is 0 Å². The Labute approximate surface area is 197 Å². The van der Waals surface area contributed by atoms with Gasteiger partial charge in [0, 0.05) is 48.5 Å². The van der Waals surface area contributed by atoms with Gasteiger partial charge in [-0.1, -0.05) is 6.07 Å². The fourth-order valence-electron chi connectivity index (χ4n) is 4.93. The number of aromatic amines is 1. The Balaban J connectivity index is 1.65. The van der Waals surface area contributed by atoms with Crippen LogP contribution < -0.4 is 10.6 Å². The molecular weight excluding hydrogens is 434 g/mol. The van der Waals surface area contributed by atoms with Crippen molar-refractivity contribution in [2.75, 3.05) is 32.8 Å². The summed E-state index contributed by atoms with van der Waals surface area (Å²) < 4.78 is 11.3. The lowest BCUT2D eigenvalue weighted by Crippen LogP contribution is -2.47. The number of carbonyl (C=O) groups excluding carboxylic acids is 2. The number of fused-ring (bicyclic) bond motifs is 2. The molecule has 3 aromatic rings. The number of morpholine rings is 1. The van der Waals surface area contributed by atoms with Crippen molar-refractivity contribution in [3.63, 3.8) is 0 Å². The zero-order chi connectivity index (χ0) is 23.7. The highest BCUT2D eigenvalue weighted by Crippen LogP contribution is 2.39. The third-order valence-corrected chi connectivity index (χ3v) is 6.59. The van der Waals surface area contributed by atoms with E-state index in [0.717, 1.165) is 51.0 Å². The van der Waals surface area contributed by atoms with Crippen molar-refractivity contribution in [3.05, 3.63) is 52.8 Å². The number of benzene rings is 1. The summed E-state index contributed by atoms with van der Waals surface area (Å²) in [4.78, 5) is 33.6. The largest absolute Gasteiger partial charge is 0.439 e. The quantitative estimate of drug-likeness (QED) is 0.502. The molecule has 0 spiro atoms. The Bertz CT molecular complexity index is 1220. The summed E-state index contributed by atoms with van der Waals surface area (Å²) in [6, 6.07) is 6.05. The highest BCUT2D eigenvalue weighted by molar-refractivity contribution is 5.85. The minimum Gasteiger partial charge on any atom is -0.439 e. The summed E-state index contributed by atoms with van der Waals surface area (Å²) in [5.41, 5.74) is 6.92. The van der Waals surface area contributed by atoms with Crippen molar-refractivity contribution < 1.29 is 19.1 Å². The van der Waals surface area contributed by atoms with Gasteiger partial charge in [0.2, 0.25) is 6.23 Å². The molecule has 2 aliphatic rings. The molecule has 3 N–H and O–H groups in total. The van der Waals surface area contributed by atoms with Gasteiger partial charge in [0.25, 0.3) is 6.47 Å². The average molecular weight is 464 g/mol. The normalized spacial score (nSPS) is 20.1. The molecule has 0 radical (unpaired) electrons. The van der Waals surface area contributed by atoms with Crippen LogP contribution >= 0.6 is 0 Å². The van der Waals surface area contributed by atoms with Crippen LogP contribution in [0.15, 0.2) is 30.6 Å². The number of amides is 2. The van der Waals surface area contributed by atoms with Crippen LogP contribution in [0.5, 0.6) is 0 Å². The first kappa shape index (κ1) is 22.4. The van der Waals surface area contributed by atoms with Gasteiger partial charge in [-0.2, -0.15) is 0 Å². The molecule has 9 nitrogen and oxygen atoms in total. The van der Waals surface area contributed by atoms with Crippen molar-refractivity contribution >= 4 is 23.5 Å².